The number of nitriles is 1. The van der Waals surface area contributed by atoms with Crippen molar-refractivity contribution in [1.29, 1.82) is 5.26 Å². The Labute approximate surface area is 113 Å². The summed E-state index contributed by atoms with van der Waals surface area (Å²) in [5.74, 6) is -1.10. The number of nitrogens with zero attached hydrogens (tertiary/aromatic N) is 1. The van der Waals surface area contributed by atoms with Gasteiger partial charge in [0.2, 0.25) is 0 Å². The van der Waals surface area contributed by atoms with E-state index in [2.05, 4.69) is 6.07 Å². The number of halogens is 2. The molecule has 0 radical (unpaired) electrons. The van der Waals surface area contributed by atoms with Gasteiger partial charge in [-0.3, -0.25) is 0 Å². The van der Waals surface area contributed by atoms with Gasteiger partial charge in [-0.2, -0.15) is 5.26 Å². The van der Waals surface area contributed by atoms with E-state index >= 15 is 0 Å². The van der Waals surface area contributed by atoms with Gasteiger partial charge in [-0.1, -0.05) is 38.2 Å². The largest absolute Gasteiger partial charge is 0.207 e. The monoisotopic (exact) mass is 263 g/mol. The Morgan fingerprint density at radius 3 is 2.26 bits per heavy atom. The average Bonchev–Trinajstić information content (AvgIpc) is 2.36. The molecule has 0 amide bonds. The van der Waals surface area contributed by atoms with Crippen molar-refractivity contribution in [3.8, 4) is 6.07 Å². The highest BCUT2D eigenvalue weighted by Crippen LogP contribution is 2.37. The molecule has 0 aromatic heterocycles. The van der Waals surface area contributed by atoms with Crippen molar-refractivity contribution < 1.29 is 8.78 Å². The van der Waals surface area contributed by atoms with Crippen LogP contribution in [0.25, 0.3) is 0 Å². The van der Waals surface area contributed by atoms with E-state index in [-0.39, 0.29) is 0 Å². The Kier molecular flexibility index (Phi) is 4.52. The molecule has 1 aliphatic rings. The van der Waals surface area contributed by atoms with E-state index in [0.29, 0.717) is 12.0 Å². The van der Waals surface area contributed by atoms with Gasteiger partial charge in [-0.25, -0.2) is 8.78 Å². The van der Waals surface area contributed by atoms with Crippen LogP contribution in [0.3, 0.4) is 0 Å². The highest BCUT2D eigenvalue weighted by atomic mass is 19.1. The Morgan fingerprint density at radius 2 is 1.68 bits per heavy atom. The maximum Gasteiger partial charge on any atom is 0.129 e. The van der Waals surface area contributed by atoms with Crippen LogP contribution in [0.15, 0.2) is 18.2 Å². The summed E-state index contributed by atoms with van der Waals surface area (Å²) in [7, 11) is 0. The molecule has 0 heterocycles. The third-order valence-electron chi connectivity index (χ3n) is 4.09. The van der Waals surface area contributed by atoms with Gasteiger partial charge >= 0.3 is 0 Å². The molecule has 2 rings (SSSR count). The smallest absolute Gasteiger partial charge is 0.129 e. The van der Waals surface area contributed by atoms with Crippen molar-refractivity contribution in [3.05, 3.63) is 35.4 Å². The Bertz CT molecular complexity index is 468. The van der Waals surface area contributed by atoms with Gasteiger partial charge in [-0.15, -0.1) is 0 Å². The second-order valence-corrected chi connectivity index (χ2v) is 5.57. The molecule has 0 atom stereocenters. The van der Waals surface area contributed by atoms with Crippen LogP contribution in [0.2, 0.25) is 0 Å². The molecule has 1 fully saturated rings. The molecule has 19 heavy (non-hydrogen) atoms. The normalized spacial score (nSPS) is 19.2. The summed E-state index contributed by atoms with van der Waals surface area (Å²) >= 11 is 0. The van der Waals surface area contributed by atoms with E-state index in [1.165, 1.54) is 18.6 Å². The first-order chi connectivity index (χ1) is 9.15. The minimum absolute atomic E-state index is 0.398. The average molecular weight is 263 g/mol. The van der Waals surface area contributed by atoms with Gasteiger partial charge in [-0.05, 0) is 30.9 Å². The van der Waals surface area contributed by atoms with Gasteiger partial charge in [0, 0.05) is 6.07 Å². The number of hydrogen-bond donors (Lipinski definition) is 0. The lowest BCUT2D eigenvalue weighted by molar-refractivity contribution is 0.284. The first-order valence-corrected chi connectivity index (χ1v) is 7.00. The zero-order valence-electron chi connectivity index (χ0n) is 11.1. The van der Waals surface area contributed by atoms with Crippen molar-refractivity contribution in [2.75, 3.05) is 0 Å². The molecule has 102 valence electrons. The highest BCUT2D eigenvalue weighted by Gasteiger charge is 2.31. The van der Waals surface area contributed by atoms with Crippen LogP contribution >= 0.6 is 0 Å². The topological polar surface area (TPSA) is 23.8 Å². The zero-order chi connectivity index (χ0) is 13.7. The minimum atomic E-state index is -0.565. The summed E-state index contributed by atoms with van der Waals surface area (Å²) in [5, 5.41) is 9.52. The van der Waals surface area contributed by atoms with Crippen LogP contribution in [0.4, 0.5) is 8.78 Å². The molecule has 0 N–H and O–H groups in total. The second-order valence-electron chi connectivity index (χ2n) is 5.57. The number of hydrogen-bond acceptors (Lipinski definition) is 1. The lowest BCUT2D eigenvalue weighted by Gasteiger charge is -2.28. The molecule has 3 heteroatoms. The van der Waals surface area contributed by atoms with Gasteiger partial charge in [0.25, 0.3) is 0 Å². The van der Waals surface area contributed by atoms with E-state index in [0.717, 1.165) is 44.6 Å². The molecule has 0 bridgehead atoms. The van der Waals surface area contributed by atoms with E-state index in [1.807, 2.05) is 0 Å². The lowest BCUT2D eigenvalue weighted by Crippen LogP contribution is -2.23. The van der Waals surface area contributed by atoms with E-state index in [4.69, 9.17) is 0 Å². The summed E-state index contributed by atoms with van der Waals surface area (Å²) in [6.07, 6.45) is 7.61. The maximum atomic E-state index is 13.7. The minimum Gasteiger partial charge on any atom is -0.207 e. The Morgan fingerprint density at radius 1 is 1.05 bits per heavy atom. The molecular formula is C16H19F2N. The molecular weight excluding hydrogens is 244 g/mol. The standard InChI is InChI=1S/C16H19F2N/c17-14-7-6-13(15(18)10-14)11-16(12-19)8-4-2-1-3-5-9-16/h6-7,10H,1-5,8-9,11H2. The third-order valence-corrected chi connectivity index (χ3v) is 4.09. The summed E-state index contributed by atoms with van der Waals surface area (Å²) in [6.45, 7) is 0. The van der Waals surface area contributed by atoms with Crippen LogP contribution in [-0.2, 0) is 6.42 Å². The van der Waals surface area contributed by atoms with Crippen molar-refractivity contribution in [2.45, 2.75) is 51.4 Å². The van der Waals surface area contributed by atoms with Crippen LogP contribution in [0.5, 0.6) is 0 Å². The molecule has 1 aromatic rings. The fourth-order valence-corrected chi connectivity index (χ4v) is 2.94. The lowest BCUT2D eigenvalue weighted by atomic mass is 9.73. The maximum absolute atomic E-state index is 13.7. The van der Waals surface area contributed by atoms with Crippen LogP contribution in [0, 0.1) is 28.4 Å². The second kappa shape index (κ2) is 6.14. The Balaban J connectivity index is 2.19. The van der Waals surface area contributed by atoms with Crippen LogP contribution < -0.4 is 0 Å². The van der Waals surface area contributed by atoms with Crippen molar-refractivity contribution in [3.63, 3.8) is 0 Å². The summed E-state index contributed by atoms with van der Waals surface area (Å²) < 4.78 is 26.7. The predicted octanol–water partition coefficient (Wildman–Crippen LogP) is 4.76. The number of rotatable bonds is 2. The molecule has 0 saturated heterocycles. The summed E-state index contributed by atoms with van der Waals surface area (Å²) in [5.41, 5.74) is -0.0115. The summed E-state index contributed by atoms with van der Waals surface area (Å²) in [6, 6.07) is 6.07. The van der Waals surface area contributed by atoms with E-state index in [9.17, 15) is 14.0 Å². The molecule has 1 saturated carbocycles. The molecule has 1 aromatic carbocycles. The van der Waals surface area contributed by atoms with Crippen LogP contribution in [-0.4, -0.2) is 0 Å². The fourth-order valence-electron chi connectivity index (χ4n) is 2.94. The zero-order valence-corrected chi connectivity index (χ0v) is 11.1. The van der Waals surface area contributed by atoms with Gasteiger partial charge < -0.3 is 0 Å². The van der Waals surface area contributed by atoms with Gasteiger partial charge in [0.1, 0.15) is 11.6 Å². The quantitative estimate of drug-likeness (QED) is 0.754. The number of benzene rings is 1. The molecule has 0 aliphatic heterocycles. The molecule has 0 spiro atoms. The first kappa shape index (κ1) is 14.0. The van der Waals surface area contributed by atoms with Crippen molar-refractivity contribution in [1.82, 2.24) is 0 Å². The highest BCUT2D eigenvalue weighted by molar-refractivity contribution is 5.22. The van der Waals surface area contributed by atoms with Gasteiger partial charge in [0.15, 0.2) is 0 Å². The van der Waals surface area contributed by atoms with E-state index < -0.39 is 17.0 Å². The molecule has 1 aliphatic carbocycles. The summed E-state index contributed by atoms with van der Waals surface area (Å²) in [4.78, 5) is 0. The molecule has 0 unspecified atom stereocenters. The third kappa shape index (κ3) is 3.53. The first-order valence-electron chi connectivity index (χ1n) is 7.00. The SMILES string of the molecule is N#CC1(Cc2ccc(F)cc2F)CCCCCCC1. The van der Waals surface area contributed by atoms with Crippen LogP contribution in [0.1, 0.15) is 50.5 Å². The molecule has 1 nitrogen and oxygen atoms in total. The van der Waals surface area contributed by atoms with E-state index in [1.54, 1.807) is 0 Å². The van der Waals surface area contributed by atoms with Crippen molar-refractivity contribution in [2.24, 2.45) is 5.41 Å². The van der Waals surface area contributed by atoms with Crippen molar-refractivity contribution >= 4 is 0 Å². The Hall–Kier alpha value is -1.43. The van der Waals surface area contributed by atoms with Gasteiger partial charge in [0.05, 0.1) is 11.5 Å². The predicted molar refractivity (Wildman–Crippen MR) is 70.4 cm³/mol. The fraction of sp³-hybridized carbons (Fsp3) is 0.562.